The number of thioether (sulfide) groups is 1. The van der Waals surface area contributed by atoms with E-state index in [2.05, 4.69) is 25.1 Å². The average Bonchev–Trinajstić information content (AvgIpc) is 3.40. The molecular weight excluding hydrogens is 396 g/mol. The van der Waals surface area contributed by atoms with Crippen LogP contribution in [-0.4, -0.2) is 58.2 Å². The number of carbonyl (C=O) groups is 1. The van der Waals surface area contributed by atoms with E-state index in [9.17, 15) is 4.79 Å². The molecule has 11 heteroatoms. The van der Waals surface area contributed by atoms with Gasteiger partial charge in [-0.3, -0.25) is 4.68 Å². The molecule has 0 spiro atoms. The molecule has 0 unspecified atom stereocenters. The number of aromatic nitrogens is 5. The van der Waals surface area contributed by atoms with Crippen molar-refractivity contribution in [3.8, 4) is 5.75 Å². The van der Waals surface area contributed by atoms with Crippen molar-refractivity contribution in [3.05, 3.63) is 53.6 Å². The van der Waals surface area contributed by atoms with Crippen molar-refractivity contribution in [2.75, 3.05) is 21.3 Å². The van der Waals surface area contributed by atoms with Crippen molar-refractivity contribution in [1.29, 1.82) is 0 Å². The van der Waals surface area contributed by atoms with E-state index in [1.54, 1.807) is 42.1 Å². The minimum Gasteiger partial charge on any atom is -0.496 e. The number of carbonyl (C=O) groups excluding carboxylic acids is 1. The van der Waals surface area contributed by atoms with Crippen molar-refractivity contribution in [2.45, 2.75) is 17.6 Å². The van der Waals surface area contributed by atoms with Gasteiger partial charge in [0.05, 0.1) is 32.9 Å². The second-order valence-electron chi connectivity index (χ2n) is 5.71. The van der Waals surface area contributed by atoms with Gasteiger partial charge in [0, 0.05) is 18.9 Å². The number of benzene rings is 1. The number of rotatable bonds is 9. The lowest BCUT2D eigenvalue weighted by Crippen LogP contribution is -2.04. The second kappa shape index (κ2) is 9.85. The summed E-state index contributed by atoms with van der Waals surface area (Å²) >= 11 is 1.38. The molecule has 0 aliphatic heterocycles. The number of ether oxygens (including phenoxy) is 3. The van der Waals surface area contributed by atoms with Crippen LogP contribution in [0.15, 0.2) is 47.0 Å². The van der Waals surface area contributed by atoms with E-state index in [0.29, 0.717) is 17.6 Å². The molecule has 0 N–H and O–H groups in total. The molecule has 0 saturated carbocycles. The number of esters is 1. The van der Waals surface area contributed by atoms with E-state index in [4.69, 9.17) is 9.47 Å². The Labute approximate surface area is 171 Å². The topological polar surface area (TPSA) is 106 Å². The van der Waals surface area contributed by atoms with Crippen LogP contribution < -0.4 is 4.74 Å². The van der Waals surface area contributed by atoms with Crippen molar-refractivity contribution in [1.82, 2.24) is 24.7 Å². The Bertz CT molecular complexity index is 1000. The SMILES string of the molecule is COCc1cc(/C=N/n2cnnc2SCn2ccc(C(=O)OC)n2)ccc1OC. The van der Waals surface area contributed by atoms with Gasteiger partial charge < -0.3 is 14.2 Å². The predicted octanol–water partition coefficient (Wildman–Crippen LogP) is 2.05. The smallest absolute Gasteiger partial charge is 0.358 e. The summed E-state index contributed by atoms with van der Waals surface area (Å²) in [5, 5.41) is 17.1. The third-order valence-electron chi connectivity index (χ3n) is 3.80. The van der Waals surface area contributed by atoms with Crippen molar-refractivity contribution in [2.24, 2.45) is 5.10 Å². The molecule has 0 aliphatic carbocycles. The summed E-state index contributed by atoms with van der Waals surface area (Å²) in [5.41, 5.74) is 2.06. The van der Waals surface area contributed by atoms with E-state index in [1.807, 2.05) is 18.2 Å². The van der Waals surface area contributed by atoms with Gasteiger partial charge in [0.25, 0.3) is 0 Å². The highest BCUT2D eigenvalue weighted by atomic mass is 32.2. The third kappa shape index (κ3) is 5.21. The zero-order chi connectivity index (χ0) is 20.6. The Morgan fingerprint density at radius 1 is 1.28 bits per heavy atom. The van der Waals surface area contributed by atoms with E-state index in [1.165, 1.54) is 25.2 Å². The maximum atomic E-state index is 11.5. The van der Waals surface area contributed by atoms with Crippen LogP contribution in [-0.2, 0) is 22.0 Å². The molecule has 0 aliphatic rings. The lowest BCUT2D eigenvalue weighted by Gasteiger charge is -2.08. The predicted molar refractivity (Wildman–Crippen MR) is 106 cm³/mol. The summed E-state index contributed by atoms with van der Waals surface area (Å²) in [5.74, 6) is 0.718. The summed E-state index contributed by atoms with van der Waals surface area (Å²) in [6.45, 7) is 0.440. The first-order valence-electron chi connectivity index (χ1n) is 8.49. The van der Waals surface area contributed by atoms with Gasteiger partial charge in [0.1, 0.15) is 12.1 Å². The zero-order valence-electron chi connectivity index (χ0n) is 16.2. The highest BCUT2D eigenvalue weighted by molar-refractivity contribution is 7.98. The highest BCUT2D eigenvalue weighted by Crippen LogP contribution is 2.20. The summed E-state index contributed by atoms with van der Waals surface area (Å²) in [6, 6.07) is 7.31. The van der Waals surface area contributed by atoms with E-state index in [-0.39, 0.29) is 5.69 Å². The Kier molecular flexibility index (Phi) is 6.98. The Hall–Kier alpha value is -3.18. The molecule has 2 aromatic heterocycles. The Morgan fingerprint density at radius 3 is 2.90 bits per heavy atom. The van der Waals surface area contributed by atoms with Crippen LogP contribution in [0.3, 0.4) is 0 Å². The van der Waals surface area contributed by atoms with Gasteiger partial charge in [0.2, 0.25) is 5.16 Å². The fraction of sp³-hybridized carbons (Fsp3) is 0.278. The van der Waals surface area contributed by atoms with Crippen LogP contribution in [0, 0.1) is 0 Å². The zero-order valence-corrected chi connectivity index (χ0v) is 17.0. The molecule has 2 heterocycles. The van der Waals surface area contributed by atoms with E-state index in [0.717, 1.165) is 16.9 Å². The Balaban J connectivity index is 1.68. The molecule has 10 nitrogen and oxygen atoms in total. The van der Waals surface area contributed by atoms with Gasteiger partial charge in [-0.2, -0.15) is 14.9 Å². The second-order valence-corrected chi connectivity index (χ2v) is 6.62. The summed E-state index contributed by atoms with van der Waals surface area (Å²) in [4.78, 5) is 11.5. The lowest BCUT2D eigenvalue weighted by molar-refractivity contribution is 0.0593. The first-order valence-corrected chi connectivity index (χ1v) is 9.48. The van der Waals surface area contributed by atoms with Crippen LogP contribution in [0.25, 0.3) is 0 Å². The number of hydrogen-bond donors (Lipinski definition) is 0. The van der Waals surface area contributed by atoms with Gasteiger partial charge in [-0.1, -0.05) is 11.8 Å². The highest BCUT2D eigenvalue weighted by Gasteiger charge is 2.10. The normalized spacial score (nSPS) is 11.1. The van der Waals surface area contributed by atoms with Gasteiger partial charge in [-0.25, -0.2) is 4.79 Å². The number of nitrogens with zero attached hydrogens (tertiary/aromatic N) is 6. The molecule has 152 valence electrons. The van der Waals surface area contributed by atoms with Crippen molar-refractivity contribution < 1.29 is 19.0 Å². The van der Waals surface area contributed by atoms with E-state index >= 15 is 0 Å². The quantitative estimate of drug-likeness (QED) is 0.296. The van der Waals surface area contributed by atoms with Gasteiger partial charge >= 0.3 is 5.97 Å². The molecule has 0 radical (unpaired) electrons. The van der Waals surface area contributed by atoms with Crippen molar-refractivity contribution >= 4 is 23.9 Å². The van der Waals surface area contributed by atoms with Crippen LogP contribution in [0.2, 0.25) is 0 Å². The van der Waals surface area contributed by atoms with E-state index < -0.39 is 5.97 Å². The third-order valence-corrected chi connectivity index (χ3v) is 4.72. The first-order chi connectivity index (χ1) is 14.1. The van der Waals surface area contributed by atoms with Crippen LogP contribution in [0.5, 0.6) is 5.75 Å². The molecule has 29 heavy (non-hydrogen) atoms. The molecule has 0 bridgehead atoms. The van der Waals surface area contributed by atoms with Crippen molar-refractivity contribution in [3.63, 3.8) is 0 Å². The van der Waals surface area contributed by atoms with Crippen LogP contribution in [0.4, 0.5) is 0 Å². The number of hydrogen-bond acceptors (Lipinski definition) is 9. The minimum atomic E-state index is -0.478. The lowest BCUT2D eigenvalue weighted by atomic mass is 10.1. The summed E-state index contributed by atoms with van der Waals surface area (Å²) in [7, 11) is 4.57. The minimum absolute atomic E-state index is 0.249. The van der Waals surface area contributed by atoms with Gasteiger partial charge in [0.15, 0.2) is 5.69 Å². The van der Waals surface area contributed by atoms with Gasteiger partial charge in [-0.05, 0) is 29.8 Å². The van der Waals surface area contributed by atoms with Crippen LogP contribution in [0.1, 0.15) is 21.6 Å². The average molecular weight is 416 g/mol. The molecule has 3 aromatic rings. The molecule has 0 atom stereocenters. The molecule has 0 amide bonds. The van der Waals surface area contributed by atoms with Gasteiger partial charge in [-0.15, -0.1) is 10.2 Å². The summed E-state index contributed by atoms with van der Waals surface area (Å²) < 4.78 is 18.4. The number of methoxy groups -OCH3 is 3. The monoisotopic (exact) mass is 416 g/mol. The fourth-order valence-corrected chi connectivity index (χ4v) is 3.16. The standard InChI is InChI=1S/C18H20N6O4S/c1-26-10-14-8-13(4-5-16(14)27-2)9-20-24-11-19-21-18(24)29-12-23-7-6-15(22-23)17(25)28-3/h4-9,11H,10,12H2,1-3H3/b20-9+. The molecular formula is C18H20N6O4S. The maximum absolute atomic E-state index is 11.5. The Morgan fingerprint density at radius 2 is 2.14 bits per heavy atom. The largest absolute Gasteiger partial charge is 0.496 e. The molecule has 0 fully saturated rings. The van der Waals surface area contributed by atoms with Crippen LogP contribution >= 0.6 is 11.8 Å². The summed E-state index contributed by atoms with van der Waals surface area (Å²) in [6.07, 6.45) is 4.91. The fourth-order valence-electron chi connectivity index (χ4n) is 2.44. The molecule has 3 rings (SSSR count). The maximum Gasteiger partial charge on any atom is 0.358 e. The molecule has 0 saturated heterocycles. The first kappa shape index (κ1) is 20.6. The molecule has 1 aromatic carbocycles.